The predicted molar refractivity (Wildman–Crippen MR) is 75.2 cm³/mol. The number of halogens is 1. The van der Waals surface area contributed by atoms with Crippen molar-refractivity contribution < 1.29 is 19.5 Å². The van der Waals surface area contributed by atoms with Crippen LogP contribution in [0.4, 0.5) is 4.79 Å². The highest BCUT2D eigenvalue weighted by atomic mass is 79.9. The van der Waals surface area contributed by atoms with Crippen LogP contribution in [0.5, 0.6) is 0 Å². The van der Waals surface area contributed by atoms with Crippen LogP contribution in [-0.2, 0) is 22.5 Å². The Morgan fingerprint density at radius 3 is 2.65 bits per heavy atom. The smallest absolute Gasteiger partial charge is 0.405 e. The first-order valence-electron chi connectivity index (χ1n) is 5.98. The molecule has 108 valence electrons. The van der Waals surface area contributed by atoms with E-state index in [1.165, 1.54) is 14.2 Å². The fourth-order valence-corrected chi connectivity index (χ4v) is 2.93. The van der Waals surface area contributed by atoms with Crippen LogP contribution in [0.15, 0.2) is 22.7 Å². The van der Waals surface area contributed by atoms with Gasteiger partial charge in [0, 0.05) is 24.4 Å². The molecule has 1 aliphatic carbocycles. The van der Waals surface area contributed by atoms with E-state index in [4.69, 9.17) is 9.94 Å². The molecule has 0 fully saturated rings. The minimum absolute atomic E-state index is 0.306. The van der Waals surface area contributed by atoms with Crippen LogP contribution in [0.3, 0.4) is 0 Å². The van der Waals surface area contributed by atoms with E-state index in [-0.39, 0.29) is 0 Å². The predicted octanol–water partition coefficient (Wildman–Crippen LogP) is 1.57. The summed E-state index contributed by atoms with van der Waals surface area (Å²) in [7, 11) is 2.83. The summed E-state index contributed by atoms with van der Waals surface area (Å²) in [6.45, 7) is 0. The third-order valence-corrected chi connectivity index (χ3v) is 3.96. The second-order valence-corrected chi connectivity index (χ2v) is 5.68. The molecule has 0 heterocycles. The molecule has 0 bridgehead atoms. The van der Waals surface area contributed by atoms with Crippen LogP contribution < -0.4 is 5.32 Å². The quantitative estimate of drug-likeness (QED) is 0.817. The Kier molecular flexibility index (Phi) is 4.01. The molecular formula is C13H15BrN2O4. The number of benzene rings is 1. The Labute approximate surface area is 124 Å². The van der Waals surface area contributed by atoms with Gasteiger partial charge < -0.3 is 10.4 Å². The third kappa shape index (κ3) is 2.64. The molecule has 7 heteroatoms. The molecule has 2 rings (SSSR count). The molecule has 0 radical (unpaired) electrons. The Balaban J connectivity index is 2.37. The molecule has 0 saturated heterocycles. The Bertz CT molecular complexity index is 563. The summed E-state index contributed by atoms with van der Waals surface area (Å²) >= 11 is 3.38. The number of likely N-dealkylation sites (N-methyl/N-ethyl adjacent to an activating group) is 1. The van der Waals surface area contributed by atoms with Gasteiger partial charge in [-0.15, -0.1) is 0 Å². The number of carboxylic acid groups (broad SMARTS) is 1. The number of hydroxylamine groups is 2. The van der Waals surface area contributed by atoms with Crippen molar-refractivity contribution in [2.45, 2.75) is 18.4 Å². The normalized spacial score (nSPS) is 20.4. The zero-order chi connectivity index (χ0) is 14.9. The molecule has 1 unspecified atom stereocenters. The molecule has 20 heavy (non-hydrogen) atoms. The summed E-state index contributed by atoms with van der Waals surface area (Å²) in [5, 5.41) is 12.5. The monoisotopic (exact) mass is 342 g/mol. The van der Waals surface area contributed by atoms with Crippen molar-refractivity contribution in [2.24, 2.45) is 0 Å². The van der Waals surface area contributed by atoms with Gasteiger partial charge in [-0.05, 0) is 23.3 Å². The standard InChI is InChI=1S/C13H15BrN2O4/c1-16(20-2)11(17)13(15-12(18)19)6-8-3-4-10(14)5-9(8)7-13/h3-5,15H,6-7H2,1-2H3,(H,18,19). The lowest BCUT2D eigenvalue weighted by molar-refractivity contribution is -0.175. The van der Waals surface area contributed by atoms with Gasteiger partial charge in [0.2, 0.25) is 0 Å². The number of nitrogens with one attached hydrogen (secondary N) is 1. The van der Waals surface area contributed by atoms with Crippen LogP contribution in [-0.4, -0.2) is 41.9 Å². The lowest BCUT2D eigenvalue weighted by Crippen LogP contribution is -2.59. The molecule has 1 aromatic rings. The number of fused-ring (bicyclic) bond motifs is 1. The maximum Gasteiger partial charge on any atom is 0.405 e. The highest BCUT2D eigenvalue weighted by Crippen LogP contribution is 2.33. The van der Waals surface area contributed by atoms with E-state index in [0.29, 0.717) is 12.8 Å². The molecule has 2 N–H and O–H groups in total. The van der Waals surface area contributed by atoms with E-state index < -0.39 is 17.5 Å². The number of rotatable bonds is 3. The number of hydrogen-bond acceptors (Lipinski definition) is 3. The summed E-state index contributed by atoms with van der Waals surface area (Å²) < 4.78 is 0.898. The van der Waals surface area contributed by atoms with Gasteiger partial charge >= 0.3 is 6.09 Å². The largest absolute Gasteiger partial charge is 0.465 e. The molecule has 2 amide bonds. The maximum absolute atomic E-state index is 12.5. The van der Waals surface area contributed by atoms with E-state index in [1.807, 2.05) is 18.2 Å². The van der Waals surface area contributed by atoms with Crippen molar-refractivity contribution in [2.75, 3.05) is 14.2 Å². The van der Waals surface area contributed by atoms with Crippen LogP contribution >= 0.6 is 15.9 Å². The minimum Gasteiger partial charge on any atom is -0.465 e. The zero-order valence-corrected chi connectivity index (χ0v) is 12.7. The van der Waals surface area contributed by atoms with Crippen molar-refractivity contribution in [3.05, 3.63) is 33.8 Å². The fraction of sp³-hybridized carbons (Fsp3) is 0.385. The van der Waals surface area contributed by atoms with Crippen molar-refractivity contribution in [1.29, 1.82) is 0 Å². The summed E-state index contributed by atoms with van der Waals surface area (Å²) in [5.74, 6) is -0.408. The van der Waals surface area contributed by atoms with Gasteiger partial charge in [0.05, 0.1) is 7.11 Å². The molecule has 0 spiro atoms. The highest BCUT2D eigenvalue weighted by molar-refractivity contribution is 9.10. The number of hydrogen-bond donors (Lipinski definition) is 2. The van der Waals surface area contributed by atoms with Gasteiger partial charge in [0.15, 0.2) is 0 Å². The van der Waals surface area contributed by atoms with Crippen molar-refractivity contribution in [3.63, 3.8) is 0 Å². The van der Waals surface area contributed by atoms with Gasteiger partial charge in [-0.1, -0.05) is 22.0 Å². The Morgan fingerprint density at radius 1 is 1.40 bits per heavy atom. The van der Waals surface area contributed by atoms with Crippen LogP contribution in [0.25, 0.3) is 0 Å². The molecule has 1 atom stereocenters. The van der Waals surface area contributed by atoms with E-state index >= 15 is 0 Å². The number of nitrogens with zero attached hydrogens (tertiary/aromatic N) is 1. The average molecular weight is 343 g/mol. The Morgan fingerprint density at radius 2 is 2.05 bits per heavy atom. The van der Waals surface area contributed by atoms with Crippen LogP contribution in [0.1, 0.15) is 11.1 Å². The van der Waals surface area contributed by atoms with Gasteiger partial charge in [-0.2, -0.15) is 0 Å². The summed E-state index contributed by atoms with van der Waals surface area (Å²) in [6.07, 6.45) is -0.607. The maximum atomic E-state index is 12.5. The minimum atomic E-state index is -1.23. The summed E-state index contributed by atoms with van der Waals surface area (Å²) in [6, 6.07) is 5.67. The first-order chi connectivity index (χ1) is 9.38. The van der Waals surface area contributed by atoms with E-state index in [9.17, 15) is 9.59 Å². The lowest BCUT2D eigenvalue weighted by atomic mass is 9.94. The SMILES string of the molecule is CON(C)C(=O)C1(NC(=O)O)Cc2ccc(Br)cc2C1. The van der Waals surface area contributed by atoms with Gasteiger partial charge in [-0.3, -0.25) is 9.63 Å². The Hall–Kier alpha value is -1.60. The summed E-state index contributed by atoms with van der Waals surface area (Å²) in [5.41, 5.74) is 0.700. The van der Waals surface area contributed by atoms with Crippen molar-refractivity contribution >= 4 is 27.9 Å². The zero-order valence-electron chi connectivity index (χ0n) is 11.1. The molecular weight excluding hydrogens is 328 g/mol. The average Bonchev–Trinajstić information content (AvgIpc) is 2.74. The van der Waals surface area contributed by atoms with Gasteiger partial charge in [-0.25, -0.2) is 9.86 Å². The van der Waals surface area contributed by atoms with Crippen LogP contribution in [0.2, 0.25) is 0 Å². The van der Waals surface area contributed by atoms with Gasteiger partial charge in [0.1, 0.15) is 5.54 Å². The molecule has 6 nitrogen and oxygen atoms in total. The lowest BCUT2D eigenvalue weighted by Gasteiger charge is -2.30. The van der Waals surface area contributed by atoms with E-state index in [1.54, 1.807) is 0 Å². The summed E-state index contributed by atoms with van der Waals surface area (Å²) in [4.78, 5) is 28.4. The van der Waals surface area contributed by atoms with Gasteiger partial charge in [0.25, 0.3) is 5.91 Å². The first kappa shape index (κ1) is 14.8. The topological polar surface area (TPSA) is 78.9 Å². The van der Waals surface area contributed by atoms with E-state index in [2.05, 4.69) is 21.2 Å². The van der Waals surface area contributed by atoms with Crippen LogP contribution in [0, 0.1) is 0 Å². The highest BCUT2D eigenvalue weighted by Gasteiger charge is 2.47. The second kappa shape index (κ2) is 5.41. The fourth-order valence-electron chi connectivity index (χ4n) is 2.53. The molecule has 1 aliphatic rings. The molecule has 0 saturated carbocycles. The molecule has 1 aromatic carbocycles. The van der Waals surface area contributed by atoms with E-state index in [0.717, 1.165) is 20.7 Å². The van der Waals surface area contributed by atoms with Crippen molar-refractivity contribution in [3.8, 4) is 0 Å². The molecule has 0 aliphatic heterocycles. The first-order valence-corrected chi connectivity index (χ1v) is 6.78. The second-order valence-electron chi connectivity index (χ2n) is 4.76. The third-order valence-electron chi connectivity index (χ3n) is 3.47. The number of carbonyl (C=O) groups is 2. The molecule has 0 aromatic heterocycles. The van der Waals surface area contributed by atoms with Crippen molar-refractivity contribution in [1.82, 2.24) is 10.4 Å². The number of carbonyl (C=O) groups excluding carboxylic acids is 1. The number of amides is 2.